The van der Waals surface area contributed by atoms with E-state index < -0.39 is 0 Å². The molecule has 1 aromatic heterocycles. The summed E-state index contributed by atoms with van der Waals surface area (Å²) in [5.74, 6) is 0.401. The van der Waals surface area contributed by atoms with Gasteiger partial charge >= 0.3 is 0 Å². The zero-order chi connectivity index (χ0) is 21.3. The van der Waals surface area contributed by atoms with Gasteiger partial charge in [-0.05, 0) is 50.6 Å². The van der Waals surface area contributed by atoms with Gasteiger partial charge in [0, 0.05) is 37.7 Å². The maximum absolute atomic E-state index is 12.3. The fourth-order valence-electron chi connectivity index (χ4n) is 3.44. The van der Waals surface area contributed by atoms with Crippen molar-refractivity contribution in [2.24, 2.45) is 0 Å². The van der Waals surface area contributed by atoms with Crippen molar-refractivity contribution in [1.82, 2.24) is 20.4 Å². The van der Waals surface area contributed by atoms with Crippen LogP contribution in [0.1, 0.15) is 47.4 Å². The maximum atomic E-state index is 12.3. The summed E-state index contributed by atoms with van der Waals surface area (Å²) >= 11 is 1.21. The summed E-state index contributed by atoms with van der Waals surface area (Å²) in [6, 6.07) is 7.65. The lowest BCUT2D eigenvalue weighted by molar-refractivity contribution is -0.121. The molecule has 0 radical (unpaired) electrons. The topological polar surface area (TPSA) is 96.5 Å². The third-order valence-electron chi connectivity index (χ3n) is 5.24. The van der Waals surface area contributed by atoms with Crippen LogP contribution >= 0.6 is 11.3 Å². The molecule has 1 aromatic carbocycles. The van der Waals surface area contributed by atoms with Gasteiger partial charge in [0.15, 0.2) is 0 Å². The van der Waals surface area contributed by atoms with Crippen molar-refractivity contribution in [3.63, 3.8) is 0 Å². The number of carbonyl (C=O) groups excluding carboxylic acids is 2. The van der Waals surface area contributed by atoms with E-state index in [9.17, 15) is 9.59 Å². The Morgan fingerprint density at radius 2 is 2.03 bits per heavy atom. The second-order valence-electron chi connectivity index (χ2n) is 7.41. The fraction of sp³-hybridized carbons (Fsp3) is 0.524. The average Bonchev–Trinajstić information content (AvgIpc) is 3.23. The number of methoxy groups -OCH3 is 1. The van der Waals surface area contributed by atoms with Gasteiger partial charge in [-0.15, -0.1) is 10.2 Å². The number of benzene rings is 1. The van der Waals surface area contributed by atoms with Gasteiger partial charge in [0.05, 0.1) is 7.11 Å². The van der Waals surface area contributed by atoms with Gasteiger partial charge in [-0.2, -0.15) is 0 Å². The summed E-state index contributed by atoms with van der Waals surface area (Å²) in [5, 5.41) is 14.7. The molecule has 2 N–H and O–H groups in total. The first-order chi connectivity index (χ1) is 14.5. The highest BCUT2D eigenvalue weighted by Crippen LogP contribution is 2.18. The number of carbonyl (C=O) groups is 2. The quantitative estimate of drug-likeness (QED) is 0.634. The molecule has 0 saturated carbocycles. The summed E-state index contributed by atoms with van der Waals surface area (Å²) in [4.78, 5) is 26.9. The monoisotopic (exact) mass is 431 g/mol. The number of aromatic nitrogens is 2. The van der Waals surface area contributed by atoms with E-state index in [0.717, 1.165) is 18.8 Å². The molecule has 0 spiro atoms. The van der Waals surface area contributed by atoms with E-state index in [2.05, 4.69) is 32.7 Å². The van der Waals surface area contributed by atoms with Crippen LogP contribution in [0.5, 0.6) is 5.75 Å². The molecule has 2 aromatic rings. The van der Waals surface area contributed by atoms with Crippen LogP contribution in [-0.4, -0.2) is 59.7 Å². The van der Waals surface area contributed by atoms with E-state index in [0.29, 0.717) is 36.1 Å². The number of likely N-dealkylation sites (tertiary alicyclic amines) is 1. The smallest absolute Gasteiger partial charge is 0.286 e. The molecule has 1 atom stereocenters. The van der Waals surface area contributed by atoms with E-state index in [1.165, 1.54) is 30.6 Å². The molecule has 162 valence electrons. The Hall–Kier alpha value is -2.52. The second kappa shape index (κ2) is 11.0. The lowest BCUT2D eigenvalue weighted by atomic mass is 10.0. The Morgan fingerprint density at radius 3 is 2.77 bits per heavy atom. The van der Waals surface area contributed by atoms with Crippen molar-refractivity contribution in [3.05, 3.63) is 34.3 Å². The zero-order valence-electron chi connectivity index (χ0n) is 17.5. The molecule has 1 aliphatic rings. The number of rotatable bonds is 9. The van der Waals surface area contributed by atoms with E-state index >= 15 is 0 Å². The third-order valence-corrected chi connectivity index (χ3v) is 6.22. The molecule has 0 aliphatic carbocycles. The molecule has 8 nitrogen and oxygen atoms in total. The molecule has 1 aliphatic heterocycles. The summed E-state index contributed by atoms with van der Waals surface area (Å²) in [5.41, 5.74) is 0.653. The van der Waals surface area contributed by atoms with Crippen LogP contribution in [0, 0.1) is 0 Å². The number of anilines is 1. The predicted molar refractivity (Wildman–Crippen MR) is 117 cm³/mol. The van der Waals surface area contributed by atoms with E-state index in [1.54, 1.807) is 31.4 Å². The second-order valence-corrected chi connectivity index (χ2v) is 8.48. The molecule has 2 amide bonds. The van der Waals surface area contributed by atoms with Crippen molar-refractivity contribution >= 4 is 28.8 Å². The van der Waals surface area contributed by atoms with Gasteiger partial charge in [-0.3, -0.25) is 14.5 Å². The molecule has 9 heteroatoms. The molecule has 30 heavy (non-hydrogen) atoms. The average molecular weight is 432 g/mol. The van der Waals surface area contributed by atoms with Crippen molar-refractivity contribution in [2.45, 2.75) is 45.1 Å². The highest BCUT2D eigenvalue weighted by molar-refractivity contribution is 7.13. The van der Waals surface area contributed by atoms with Gasteiger partial charge in [0.25, 0.3) is 5.91 Å². The lowest BCUT2D eigenvalue weighted by Crippen LogP contribution is -2.42. The van der Waals surface area contributed by atoms with E-state index in [1.807, 2.05) is 0 Å². The van der Waals surface area contributed by atoms with Gasteiger partial charge < -0.3 is 15.4 Å². The molecule has 2 heterocycles. The first-order valence-corrected chi connectivity index (χ1v) is 11.2. The largest absolute Gasteiger partial charge is 0.497 e. The minimum Gasteiger partial charge on any atom is -0.497 e. The Labute approximate surface area is 181 Å². The van der Waals surface area contributed by atoms with Gasteiger partial charge in [-0.25, -0.2) is 0 Å². The predicted octanol–water partition coefficient (Wildman–Crippen LogP) is 2.72. The first-order valence-electron chi connectivity index (χ1n) is 10.3. The number of hydrogen-bond donors (Lipinski definition) is 2. The normalized spacial score (nSPS) is 16.8. The van der Waals surface area contributed by atoms with E-state index in [4.69, 9.17) is 4.74 Å². The molecule has 3 rings (SSSR count). The number of hydrogen-bond acceptors (Lipinski definition) is 7. The first kappa shape index (κ1) is 22.2. The van der Waals surface area contributed by atoms with Crippen LogP contribution in [0.3, 0.4) is 0 Å². The SMILES string of the molecule is COc1ccc(NC(=O)c2nnc(CCC(=O)NCCN3CCCCC3C)s2)cc1. The number of amides is 2. The van der Waals surface area contributed by atoms with E-state index in [-0.39, 0.29) is 16.8 Å². The summed E-state index contributed by atoms with van der Waals surface area (Å²) in [6.07, 6.45) is 4.58. The third kappa shape index (κ3) is 6.50. The molecule has 1 saturated heterocycles. The lowest BCUT2D eigenvalue weighted by Gasteiger charge is -2.33. The van der Waals surface area contributed by atoms with Crippen molar-refractivity contribution in [1.29, 1.82) is 0 Å². The molecule has 1 unspecified atom stereocenters. The number of nitrogens with one attached hydrogen (secondary N) is 2. The Morgan fingerprint density at radius 1 is 1.23 bits per heavy atom. The van der Waals surface area contributed by atoms with Crippen molar-refractivity contribution in [3.8, 4) is 5.75 Å². The van der Waals surface area contributed by atoms with Gasteiger partial charge in [-0.1, -0.05) is 17.8 Å². The molecular weight excluding hydrogens is 402 g/mol. The number of aryl methyl sites for hydroxylation is 1. The Balaban J connectivity index is 1.38. The highest BCUT2D eigenvalue weighted by Gasteiger charge is 2.18. The Bertz CT molecular complexity index is 839. The van der Waals surface area contributed by atoms with Crippen molar-refractivity contribution in [2.75, 3.05) is 32.1 Å². The molecule has 0 bridgehead atoms. The highest BCUT2D eigenvalue weighted by atomic mass is 32.1. The van der Waals surface area contributed by atoms with Crippen LogP contribution in [0.4, 0.5) is 5.69 Å². The van der Waals surface area contributed by atoms with Crippen LogP contribution in [0.15, 0.2) is 24.3 Å². The number of nitrogens with zero attached hydrogens (tertiary/aromatic N) is 3. The summed E-state index contributed by atoms with van der Waals surface area (Å²) in [6.45, 7) is 4.91. The van der Waals surface area contributed by atoms with Crippen LogP contribution < -0.4 is 15.4 Å². The minimum atomic E-state index is -0.316. The number of ether oxygens (including phenoxy) is 1. The van der Waals surface area contributed by atoms with Gasteiger partial charge in [0.1, 0.15) is 10.8 Å². The van der Waals surface area contributed by atoms with Crippen LogP contribution in [0.25, 0.3) is 0 Å². The van der Waals surface area contributed by atoms with Crippen LogP contribution in [-0.2, 0) is 11.2 Å². The summed E-state index contributed by atoms with van der Waals surface area (Å²) in [7, 11) is 1.59. The minimum absolute atomic E-state index is 0.000836. The summed E-state index contributed by atoms with van der Waals surface area (Å²) < 4.78 is 5.10. The van der Waals surface area contributed by atoms with Crippen LogP contribution in [0.2, 0.25) is 0 Å². The zero-order valence-corrected chi connectivity index (χ0v) is 18.3. The molecule has 1 fully saturated rings. The van der Waals surface area contributed by atoms with Crippen molar-refractivity contribution < 1.29 is 14.3 Å². The fourth-order valence-corrected chi connectivity index (χ4v) is 4.18. The standard InChI is InChI=1S/C21H29N5O3S/c1-15-5-3-4-13-26(15)14-12-22-18(27)10-11-19-24-25-21(30-19)20(28)23-16-6-8-17(29-2)9-7-16/h6-9,15H,3-5,10-14H2,1-2H3,(H,22,27)(H,23,28). The number of piperidine rings is 1. The maximum Gasteiger partial charge on any atom is 0.286 e. The Kier molecular flexibility index (Phi) is 8.15. The molecular formula is C21H29N5O3S. The van der Waals surface area contributed by atoms with Gasteiger partial charge in [0.2, 0.25) is 10.9 Å².